The summed E-state index contributed by atoms with van der Waals surface area (Å²) in [4.78, 5) is 3.16. The first kappa shape index (κ1) is 10.2. The van der Waals surface area contributed by atoms with Gasteiger partial charge in [-0.2, -0.15) is 5.10 Å². The van der Waals surface area contributed by atoms with Gasteiger partial charge in [0.2, 0.25) is 0 Å². The molecule has 2 aromatic heterocycles. The number of hydrogen-bond donors (Lipinski definition) is 2. The van der Waals surface area contributed by atoms with Gasteiger partial charge in [-0.25, -0.2) is 0 Å². The molecule has 5 heteroatoms. The summed E-state index contributed by atoms with van der Waals surface area (Å²) in [6.07, 6.45) is 3.61. The van der Waals surface area contributed by atoms with Crippen molar-refractivity contribution >= 4 is 28.3 Å². The van der Waals surface area contributed by atoms with Crippen LogP contribution in [0.2, 0.25) is 5.02 Å². The fraction of sp³-hybridized carbons (Fsp3) is 0.0833. The number of nitrogen functional groups attached to an aromatic ring is 1. The molecule has 3 aromatic rings. The van der Waals surface area contributed by atoms with Crippen molar-refractivity contribution in [2.45, 2.75) is 0 Å². The minimum absolute atomic E-state index is 0.609. The SMILES string of the molecule is Cn1ncc(-c2cc3[nH]ccc3cc2Cl)c1N. The molecule has 0 saturated heterocycles. The number of nitrogens with two attached hydrogens (primary N) is 1. The van der Waals surface area contributed by atoms with Gasteiger partial charge in [-0.05, 0) is 18.2 Å². The van der Waals surface area contributed by atoms with Gasteiger partial charge in [0, 0.05) is 40.3 Å². The highest BCUT2D eigenvalue weighted by Crippen LogP contribution is 2.34. The molecule has 0 radical (unpaired) electrons. The number of rotatable bonds is 1. The Labute approximate surface area is 103 Å². The van der Waals surface area contributed by atoms with E-state index in [2.05, 4.69) is 10.1 Å². The molecule has 0 fully saturated rings. The number of aromatic amines is 1. The van der Waals surface area contributed by atoms with Gasteiger partial charge in [0.05, 0.1) is 6.20 Å². The lowest BCUT2D eigenvalue weighted by Crippen LogP contribution is -1.98. The summed E-state index contributed by atoms with van der Waals surface area (Å²) in [5, 5.41) is 5.89. The zero-order valence-electron chi connectivity index (χ0n) is 9.24. The van der Waals surface area contributed by atoms with E-state index in [0.29, 0.717) is 10.8 Å². The molecule has 0 amide bonds. The molecule has 0 saturated carbocycles. The number of H-pyrrole nitrogens is 1. The van der Waals surface area contributed by atoms with E-state index in [1.807, 2.05) is 24.4 Å². The van der Waals surface area contributed by atoms with Crippen LogP contribution in [0.4, 0.5) is 5.82 Å². The molecular weight excluding hydrogens is 236 g/mol. The summed E-state index contributed by atoms with van der Waals surface area (Å²) in [7, 11) is 1.81. The van der Waals surface area contributed by atoms with Gasteiger partial charge in [0.15, 0.2) is 0 Å². The molecule has 3 rings (SSSR count). The average Bonchev–Trinajstić information content (AvgIpc) is 2.86. The van der Waals surface area contributed by atoms with Crippen molar-refractivity contribution in [2.75, 3.05) is 5.73 Å². The molecule has 4 nitrogen and oxygen atoms in total. The van der Waals surface area contributed by atoms with E-state index in [-0.39, 0.29) is 0 Å². The minimum Gasteiger partial charge on any atom is -0.383 e. The Morgan fingerprint density at radius 2 is 2.18 bits per heavy atom. The Hall–Kier alpha value is -1.94. The lowest BCUT2D eigenvalue weighted by atomic mass is 10.1. The monoisotopic (exact) mass is 246 g/mol. The number of aromatic nitrogens is 3. The number of anilines is 1. The lowest BCUT2D eigenvalue weighted by Gasteiger charge is -2.04. The molecule has 86 valence electrons. The maximum Gasteiger partial charge on any atom is 0.129 e. The first-order valence-electron chi connectivity index (χ1n) is 5.21. The summed E-state index contributed by atoms with van der Waals surface area (Å²) < 4.78 is 1.63. The predicted molar refractivity (Wildman–Crippen MR) is 69.9 cm³/mol. The van der Waals surface area contributed by atoms with Crippen LogP contribution in [0.25, 0.3) is 22.0 Å². The van der Waals surface area contributed by atoms with Crippen molar-refractivity contribution in [3.8, 4) is 11.1 Å². The fourth-order valence-electron chi connectivity index (χ4n) is 1.93. The number of halogens is 1. The standard InChI is InChI=1S/C12H11ClN4/c1-17-12(14)9(6-16-17)8-5-11-7(2-3-15-11)4-10(8)13/h2-6,15H,14H2,1H3. The summed E-state index contributed by atoms with van der Waals surface area (Å²) in [5.41, 5.74) is 8.74. The van der Waals surface area contributed by atoms with Crippen LogP contribution in [0, 0.1) is 0 Å². The van der Waals surface area contributed by atoms with Crippen LogP contribution < -0.4 is 5.73 Å². The van der Waals surface area contributed by atoms with Crippen molar-refractivity contribution in [1.82, 2.24) is 14.8 Å². The quantitative estimate of drug-likeness (QED) is 0.694. The van der Waals surface area contributed by atoms with Gasteiger partial charge < -0.3 is 10.7 Å². The first-order chi connectivity index (χ1) is 8.16. The summed E-state index contributed by atoms with van der Waals surface area (Å²) in [5.74, 6) is 0.609. The molecule has 0 aliphatic rings. The highest BCUT2D eigenvalue weighted by molar-refractivity contribution is 6.34. The Morgan fingerprint density at radius 1 is 1.35 bits per heavy atom. The molecule has 2 heterocycles. The molecule has 1 aromatic carbocycles. The van der Waals surface area contributed by atoms with Gasteiger partial charge in [0.1, 0.15) is 5.82 Å². The summed E-state index contributed by atoms with van der Waals surface area (Å²) >= 11 is 6.27. The van der Waals surface area contributed by atoms with Gasteiger partial charge >= 0.3 is 0 Å². The maximum atomic E-state index is 6.27. The molecular formula is C12H11ClN4. The molecule has 0 aliphatic heterocycles. The highest BCUT2D eigenvalue weighted by Gasteiger charge is 2.12. The summed E-state index contributed by atoms with van der Waals surface area (Å²) in [6.45, 7) is 0. The zero-order valence-corrected chi connectivity index (χ0v) is 9.99. The Balaban J connectivity index is 2.29. The Bertz CT molecular complexity index is 696. The van der Waals surface area contributed by atoms with E-state index < -0.39 is 0 Å². The van der Waals surface area contributed by atoms with E-state index >= 15 is 0 Å². The largest absolute Gasteiger partial charge is 0.383 e. The number of benzene rings is 1. The van der Waals surface area contributed by atoms with E-state index in [0.717, 1.165) is 22.0 Å². The molecule has 0 atom stereocenters. The van der Waals surface area contributed by atoms with E-state index in [4.69, 9.17) is 17.3 Å². The number of aryl methyl sites for hydroxylation is 1. The number of fused-ring (bicyclic) bond motifs is 1. The molecule has 0 spiro atoms. The van der Waals surface area contributed by atoms with Crippen molar-refractivity contribution in [3.05, 3.63) is 35.6 Å². The highest BCUT2D eigenvalue weighted by atomic mass is 35.5. The summed E-state index contributed by atoms with van der Waals surface area (Å²) in [6, 6.07) is 5.90. The van der Waals surface area contributed by atoms with Crippen LogP contribution in [0.5, 0.6) is 0 Å². The van der Waals surface area contributed by atoms with Crippen molar-refractivity contribution < 1.29 is 0 Å². The molecule has 0 bridgehead atoms. The zero-order chi connectivity index (χ0) is 12.0. The Kier molecular flexibility index (Phi) is 2.12. The van der Waals surface area contributed by atoms with Gasteiger partial charge in [-0.15, -0.1) is 0 Å². The molecule has 0 unspecified atom stereocenters. The van der Waals surface area contributed by atoms with Crippen LogP contribution >= 0.6 is 11.6 Å². The fourth-order valence-corrected chi connectivity index (χ4v) is 2.21. The van der Waals surface area contributed by atoms with Crippen LogP contribution in [-0.4, -0.2) is 14.8 Å². The second kappa shape index (κ2) is 3.53. The van der Waals surface area contributed by atoms with Gasteiger partial charge in [0.25, 0.3) is 0 Å². The van der Waals surface area contributed by atoms with E-state index in [9.17, 15) is 0 Å². The van der Waals surface area contributed by atoms with Crippen LogP contribution in [0.15, 0.2) is 30.6 Å². The number of nitrogens with one attached hydrogen (secondary N) is 1. The van der Waals surface area contributed by atoms with Crippen molar-refractivity contribution in [1.29, 1.82) is 0 Å². The van der Waals surface area contributed by atoms with E-state index in [1.54, 1.807) is 17.9 Å². The third-order valence-electron chi connectivity index (χ3n) is 2.92. The van der Waals surface area contributed by atoms with Crippen molar-refractivity contribution in [2.24, 2.45) is 7.05 Å². The smallest absolute Gasteiger partial charge is 0.129 e. The topological polar surface area (TPSA) is 59.6 Å². The third kappa shape index (κ3) is 1.49. The van der Waals surface area contributed by atoms with Gasteiger partial charge in [-0.3, -0.25) is 4.68 Å². The molecule has 0 aliphatic carbocycles. The van der Waals surface area contributed by atoms with Crippen LogP contribution in [0.1, 0.15) is 0 Å². The van der Waals surface area contributed by atoms with E-state index in [1.165, 1.54) is 0 Å². The third-order valence-corrected chi connectivity index (χ3v) is 3.23. The van der Waals surface area contributed by atoms with Crippen LogP contribution in [0.3, 0.4) is 0 Å². The minimum atomic E-state index is 0.609. The van der Waals surface area contributed by atoms with Gasteiger partial charge in [-0.1, -0.05) is 11.6 Å². The molecule has 17 heavy (non-hydrogen) atoms. The van der Waals surface area contributed by atoms with Crippen molar-refractivity contribution in [3.63, 3.8) is 0 Å². The number of hydrogen-bond acceptors (Lipinski definition) is 2. The number of nitrogens with zero attached hydrogens (tertiary/aromatic N) is 2. The average molecular weight is 247 g/mol. The lowest BCUT2D eigenvalue weighted by molar-refractivity contribution is 0.779. The normalized spacial score (nSPS) is 11.2. The second-order valence-electron chi connectivity index (χ2n) is 3.96. The van der Waals surface area contributed by atoms with Crippen LogP contribution in [-0.2, 0) is 7.05 Å². The predicted octanol–water partition coefficient (Wildman–Crippen LogP) is 2.80. The Morgan fingerprint density at radius 3 is 2.88 bits per heavy atom. The second-order valence-corrected chi connectivity index (χ2v) is 4.37. The first-order valence-corrected chi connectivity index (χ1v) is 5.59. The molecule has 3 N–H and O–H groups in total. The maximum absolute atomic E-state index is 6.27.